The highest BCUT2D eigenvalue weighted by Crippen LogP contribution is 2.31. The second-order valence-electron chi connectivity index (χ2n) is 9.95. The van der Waals surface area contributed by atoms with Crippen LogP contribution in [0.25, 0.3) is 11.3 Å². The first-order chi connectivity index (χ1) is 16.3. The van der Waals surface area contributed by atoms with Crippen molar-refractivity contribution in [2.45, 2.75) is 52.2 Å². The molecule has 0 bridgehead atoms. The molecule has 0 aliphatic carbocycles. The third-order valence-corrected chi connectivity index (χ3v) is 5.72. The maximum absolute atomic E-state index is 12.9. The zero-order valence-electron chi connectivity index (χ0n) is 21.3. The lowest BCUT2D eigenvalue weighted by Gasteiger charge is -2.23. The zero-order valence-corrected chi connectivity index (χ0v) is 21.3. The van der Waals surface area contributed by atoms with E-state index in [2.05, 4.69) is 43.3 Å². The van der Waals surface area contributed by atoms with Gasteiger partial charge >= 0.3 is 5.97 Å². The fourth-order valence-electron chi connectivity index (χ4n) is 3.46. The first-order valence-electron chi connectivity index (χ1n) is 11.3. The van der Waals surface area contributed by atoms with Crippen molar-refractivity contribution in [3.63, 3.8) is 0 Å². The average Bonchev–Trinajstić information content (AvgIpc) is 3.19. The van der Waals surface area contributed by atoms with E-state index in [1.807, 2.05) is 12.1 Å². The van der Waals surface area contributed by atoms with Crippen molar-refractivity contribution < 1.29 is 24.2 Å². The van der Waals surface area contributed by atoms with E-state index in [9.17, 15) is 14.7 Å². The quantitative estimate of drug-likeness (QED) is 0.491. The van der Waals surface area contributed by atoms with Gasteiger partial charge in [0.15, 0.2) is 17.1 Å². The Morgan fingerprint density at radius 1 is 1.00 bits per heavy atom. The van der Waals surface area contributed by atoms with Gasteiger partial charge in [-0.15, -0.1) is 0 Å². The lowest BCUT2D eigenvalue weighted by Crippen LogP contribution is -2.38. The molecule has 1 aromatic heterocycles. The molecule has 1 heterocycles. The maximum Gasteiger partial charge on any atom is 0.347 e. The molecular formula is C27H33N3O5. The Bertz CT molecular complexity index is 1220. The zero-order chi connectivity index (χ0) is 26.0. The number of carbonyl (C=O) groups is 2. The SMILES string of the molecule is COc1cc(CNC(=O)c2cc(-c3ccc(C(C)(C)C)cc3)nn2C)ccc1OC(C)(C)C(=O)O. The minimum Gasteiger partial charge on any atom is -0.493 e. The van der Waals surface area contributed by atoms with E-state index >= 15 is 0 Å². The largest absolute Gasteiger partial charge is 0.493 e. The van der Waals surface area contributed by atoms with Crippen LogP contribution in [0.4, 0.5) is 0 Å². The molecule has 35 heavy (non-hydrogen) atoms. The van der Waals surface area contributed by atoms with Crippen LogP contribution in [0.15, 0.2) is 48.5 Å². The first-order valence-corrected chi connectivity index (χ1v) is 11.3. The number of nitrogens with zero attached hydrogens (tertiary/aromatic N) is 2. The van der Waals surface area contributed by atoms with Crippen LogP contribution in [-0.2, 0) is 23.8 Å². The number of aliphatic carboxylic acids is 1. The minimum atomic E-state index is -1.41. The second kappa shape index (κ2) is 9.82. The fraction of sp³-hybridized carbons (Fsp3) is 0.370. The van der Waals surface area contributed by atoms with Crippen LogP contribution >= 0.6 is 0 Å². The van der Waals surface area contributed by atoms with Crippen molar-refractivity contribution in [1.29, 1.82) is 0 Å². The van der Waals surface area contributed by atoms with Crippen LogP contribution < -0.4 is 14.8 Å². The summed E-state index contributed by atoms with van der Waals surface area (Å²) in [4.78, 5) is 24.2. The molecule has 0 aliphatic rings. The van der Waals surface area contributed by atoms with Crippen molar-refractivity contribution in [2.24, 2.45) is 7.05 Å². The Balaban J connectivity index is 1.71. The highest BCUT2D eigenvalue weighted by atomic mass is 16.5. The van der Waals surface area contributed by atoms with Crippen molar-refractivity contribution in [2.75, 3.05) is 7.11 Å². The molecule has 0 atom stereocenters. The van der Waals surface area contributed by atoms with E-state index in [0.717, 1.165) is 16.8 Å². The summed E-state index contributed by atoms with van der Waals surface area (Å²) >= 11 is 0. The Morgan fingerprint density at radius 2 is 1.66 bits per heavy atom. The van der Waals surface area contributed by atoms with Gasteiger partial charge in [0.25, 0.3) is 5.91 Å². The summed E-state index contributed by atoms with van der Waals surface area (Å²) in [6.45, 7) is 9.67. The highest BCUT2D eigenvalue weighted by molar-refractivity contribution is 5.93. The number of hydrogen-bond donors (Lipinski definition) is 2. The van der Waals surface area contributed by atoms with Gasteiger partial charge in [-0.3, -0.25) is 9.48 Å². The summed E-state index contributed by atoms with van der Waals surface area (Å²) in [5.41, 5.74) is 2.76. The van der Waals surface area contributed by atoms with E-state index in [-0.39, 0.29) is 17.9 Å². The molecule has 8 heteroatoms. The predicted octanol–water partition coefficient (Wildman–Crippen LogP) is 4.57. The Hall–Kier alpha value is -3.81. The number of methoxy groups -OCH3 is 1. The Kier molecular flexibility index (Phi) is 7.24. The number of nitrogens with one attached hydrogen (secondary N) is 1. The molecule has 0 radical (unpaired) electrons. The third-order valence-electron chi connectivity index (χ3n) is 5.72. The van der Waals surface area contributed by atoms with Crippen LogP contribution in [-0.4, -0.2) is 39.5 Å². The van der Waals surface area contributed by atoms with Gasteiger partial charge in [0, 0.05) is 19.2 Å². The summed E-state index contributed by atoms with van der Waals surface area (Å²) in [5.74, 6) is -0.656. The summed E-state index contributed by atoms with van der Waals surface area (Å²) in [5, 5.41) is 16.7. The van der Waals surface area contributed by atoms with Gasteiger partial charge in [0.2, 0.25) is 0 Å². The summed E-state index contributed by atoms with van der Waals surface area (Å²) in [7, 11) is 3.21. The van der Waals surface area contributed by atoms with Crippen LogP contribution in [0, 0.1) is 0 Å². The molecule has 186 valence electrons. The van der Waals surface area contributed by atoms with E-state index < -0.39 is 11.6 Å². The number of rotatable bonds is 8. The number of aryl methyl sites for hydroxylation is 1. The van der Waals surface area contributed by atoms with Crippen LogP contribution in [0.1, 0.15) is 56.2 Å². The number of hydrogen-bond acceptors (Lipinski definition) is 5. The molecule has 3 rings (SSSR count). The number of amides is 1. The van der Waals surface area contributed by atoms with Gasteiger partial charge in [0.05, 0.1) is 12.8 Å². The van der Waals surface area contributed by atoms with Gasteiger partial charge in [0.1, 0.15) is 5.69 Å². The first kappa shape index (κ1) is 25.8. The normalized spacial score (nSPS) is 11.7. The van der Waals surface area contributed by atoms with Gasteiger partial charge in [-0.1, -0.05) is 51.1 Å². The number of carboxylic acid groups (broad SMARTS) is 1. The van der Waals surface area contributed by atoms with Crippen molar-refractivity contribution in [3.8, 4) is 22.8 Å². The highest BCUT2D eigenvalue weighted by Gasteiger charge is 2.30. The van der Waals surface area contributed by atoms with E-state index in [0.29, 0.717) is 17.2 Å². The van der Waals surface area contributed by atoms with E-state index in [4.69, 9.17) is 9.47 Å². The van der Waals surface area contributed by atoms with Gasteiger partial charge in [-0.2, -0.15) is 5.10 Å². The van der Waals surface area contributed by atoms with Crippen LogP contribution in [0.2, 0.25) is 0 Å². The van der Waals surface area contributed by atoms with E-state index in [1.54, 1.807) is 36.0 Å². The lowest BCUT2D eigenvalue weighted by molar-refractivity contribution is -0.152. The number of ether oxygens (including phenoxy) is 2. The molecule has 3 aromatic rings. The summed E-state index contributed by atoms with van der Waals surface area (Å²) < 4.78 is 12.5. The lowest BCUT2D eigenvalue weighted by atomic mass is 9.86. The number of carbonyl (C=O) groups excluding carboxylic acids is 1. The van der Waals surface area contributed by atoms with Gasteiger partial charge in [-0.05, 0) is 48.6 Å². The molecule has 0 fully saturated rings. The second-order valence-corrected chi connectivity index (χ2v) is 9.95. The molecule has 0 unspecified atom stereocenters. The van der Waals surface area contributed by atoms with Crippen molar-refractivity contribution in [1.82, 2.24) is 15.1 Å². The van der Waals surface area contributed by atoms with Crippen molar-refractivity contribution >= 4 is 11.9 Å². The molecule has 2 aromatic carbocycles. The van der Waals surface area contributed by atoms with Crippen LogP contribution in [0.5, 0.6) is 11.5 Å². The summed E-state index contributed by atoms with van der Waals surface area (Å²) in [6.07, 6.45) is 0. The molecular weight excluding hydrogens is 446 g/mol. The topological polar surface area (TPSA) is 103 Å². The number of benzene rings is 2. The molecule has 0 saturated carbocycles. The van der Waals surface area contributed by atoms with Gasteiger partial charge in [-0.25, -0.2) is 4.79 Å². The van der Waals surface area contributed by atoms with E-state index in [1.165, 1.54) is 26.5 Å². The van der Waals surface area contributed by atoms with Crippen molar-refractivity contribution in [3.05, 3.63) is 65.4 Å². The average molecular weight is 480 g/mol. The smallest absolute Gasteiger partial charge is 0.347 e. The standard InChI is InChI=1S/C27H33N3O5/c1-26(2,3)19-11-9-18(10-12-19)20-15-21(30(6)29-20)24(31)28-16-17-8-13-22(23(14-17)34-7)35-27(4,5)25(32)33/h8-15H,16H2,1-7H3,(H,28,31)(H,32,33). The number of aromatic nitrogens is 2. The van der Waals surface area contributed by atoms with Crippen LogP contribution in [0.3, 0.4) is 0 Å². The predicted molar refractivity (Wildman–Crippen MR) is 134 cm³/mol. The maximum atomic E-state index is 12.9. The molecule has 8 nitrogen and oxygen atoms in total. The molecule has 0 spiro atoms. The monoisotopic (exact) mass is 479 g/mol. The Morgan fingerprint density at radius 3 is 2.23 bits per heavy atom. The number of carboxylic acids is 1. The third kappa shape index (κ3) is 6.01. The molecule has 0 aliphatic heterocycles. The molecule has 0 saturated heterocycles. The fourth-order valence-corrected chi connectivity index (χ4v) is 3.46. The van der Waals surface area contributed by atoms with Gasteiger partial charge < -0.3 is 19.9 Å². The molecule has 2 N–H and O–H groups in total. The minimum absolute atomic E-state index is 0.0627. The summed E-state index contributed by atoms with van der Waals surface area (Å²) in [6, 6.07) is 15.1. The Labute approximate surface area is 205 Å². The molecule has 1 amide bonds.